The van der Waals surface area contributed by atoms with Crippen molar-refractivity contribution < 1.29 is 9.59 Å². The van der Waals surface area contributed by atoms with Crippen molar-refractivity contribution in [1.29, 1.82) is 0 Å². The number of benzene rings is 1. The van der Waals surface area contributed by atoms with Gasteiger partial charge in [-0.05, 0) is 49.4 Å². The summed E-state index contributed by atoms with van der Waals surface area (Å²) in [5, 5.41) is 1.76. The van der Waals surface area contributed by atoms with Gasteiger partial charge in [-0.1, -0.05) is 45.6 Å². The van der Waals surface area contributed by atoms with Gasteiger partial charge in [0.1, 0.15) is 5.25 Å². The zero-order valence-electron chi connectivity index (χ0n) is 20.4. The molecule has 2 N–H and O–H groups in total. The van der Waals surface area contributed by atoms with Crippen LogP contribution in [-0.4, -0.2) is 60.1 Å². The third-order valence-corrected chi connectivity index (χ3v) is 7.76. The molecule has 0 aromatic heterocycles. The molecule has 0 radical (unpaired) electrons. The van der Waals surface area contributed by atoms with Crippen molar-refractivity contribution in [1.82, 2.24) is 4.90 Å². The topological polar surface area (TPSA) is 82.2 Å². The highest BCUT2D eigenvalue weighted by molar-refractivity contribution is 8.03. The molecule has 2 atom stereocenters. The van der Waals surface area contributed by atoms with Gasteiger partial charge in [-0.15, -0.1) is 11.8 Å². The van der Waals surface area contributed by atoms with Crippen LogP contribution in [0.25, 0.3) is 0 Å². The lowest BCUT2D eigenvalue weighted by molar-refractivity contribution is -0.117. The maximum absolute atomic E-state index is 13.6. The Bertz CT molecular complexity index is 953. The Kier molecular flexibility index (Phi) is 8.32. The number of hydrogen-bond donors (Lipinski definition) is 1. The normalized spacial score (nSPS) is 20.3. The zero-order chi connectivity index (χ0) is 24.1. The van der Waals surface area contributed by atoms with Gasteiger partial charge in [-0.25, -0.2) is 9.89 Å². The van der Waals surface area contributed by atoms with Crippen LogP contribution >= 0.6 is 11.8 Å². The van der Waals surface area contributed by atoms with Gasteiger partial charge in [0.05, 0.1) is 17.4 Å². The first-order valence-electron chi connectivity index (χ1n) is 12.8. The van der Waals surface area contributed by atoms with Crippen LogP contribution in [0.15, 0.2) is 34.7 Å². The molecule has 184 valence electrons. The smallest absolute Gasteiger partial charge is 0.253 e. The molecule has 34 heavy (non-hydrogen) atoms. The van der Waals surface area contributed by atoms with E-state index in [-0.39, 0.29) is 23.1 Å². The first kappa shape index (κ1) is 24.8. The van der Waals surface area contributed by atoms with Gasteiger partial charge < -0.3 is 15.5 Å². The SMILES string of the molecule is CCCCCN(CCCCC)C(=O)c1ccc2c(c1)N(CCCN)C1=NC3C=CSC3C(=O)N12. The van der Waals surface area contributed by atoms with Gasteiger partial charge in [-0.2, -0.15) is 0 Å². The maximum Gasteiger partial charge on any atom is 0.253 e. The van der Waals surface area contributed by atoms with Crippen molar-refractivity contribution in [2.75, 3.05) is 36.0 Å². The Hall–Kier alpha value is -2.32. The lowest BCUT2D eigenvalue weighted by Crippen LogP contribution is -2.52. The van der Waals surface area contributed by atoms with Gasteiger partial charge >= 0.3 is 0 Å². The van der Waals surface area contributed by atoms with Crippen LogP contribution in [0.2, 0.25) is 0 Å². The van der Waals surface area contributed by atoms with E-state index in [0.29, 0.717) is 24.6 Å². The highest BCUT2D eigenvalue weighted by atomic mass is 32.2. The third-order valence-electron chi connectivity index (χ3n) is 6.67. The second kappa shape index (κ2) is 11.4. The van der Waals surface area contributed by atoms with Crippen molar-refractivity contribution in [2.24, 2.45) is 10.7 Å². The van der Waals surface area contributed by atoms with Crippen LogP contribution in [0.4, 0.5) is 11.4 Å². The fourth-order valence-electron chi connectivity index (χ4n) is 4.78. The number of amides is 2. The number of fused-ring (bicyclic) bond motifs is 4. The Balaban J connectivity index is 1.63. The van der Waals surface area contributed by atoms with E-state index in [1.807, 2.05) is 34.6 Å². The molecular formula is C26H37N5O2S. The highest BCUT2D eigenvalue weighted by Crippen LogP contribution is 2.43. The van der Waals surface area contributed by atoms with E-state index in [2.05, 4.69) is 18.7 Å². The highest BCUT2D eigenvalue weighted by Gasteiger charge is 2.47. The molecule has 8 heteroatoms. The summed E-state index contributed by atoms with van der Waals surface area (Å²) in [5.41, 5.74) is 8.18. The van der Waals surface area contributed by atoms with E-state index >= 15 is 0 Å². The average Bonchev–Trinajstić information content (AvgIpc) is 3.44. The molecule has 0 spiro atoms. The summed E-state index contributed by atoms with van der Waals surface area (Å²) in [6, 6.07) is 5.61. The minimum atomic E-state index is -0.208. The molecule has 4 rings (SSSR count). The van der Waals surface area contributed by atoms with Crippen LogP contribution in [0.1, 0.15) is 69.2 Å². The molecule has 0 saturated heterocycles. The molecule has 7 nitrogen and oxygen atoms in total. The van der Waals surface area contributed by atoms with Crippen LogP contribution in [0, 0.1) is 0 Å². The van der Waals surface area contributed by atoms with E-state index in [4.69, 9.17) is 10.7 Å². The monoisotopic (exact) mass is 483 g/mol. The summed E-state index contributed by atoms with van der Waals surface area (Å²) in [6.45, 7) is 7.15. The molecule has 1 aromatic rings. The second-order valence-corrected chi connectivity index (χ2v) is 10.2. The summed E-state index contributed by atoms with van der Waals surface area (Å²) in [4.78, 5) is 37.6. The molecule has 1 aromatic carbocycles. The number of guanidine groups is 1. The van der Waals surface area contributed by atoms with Crippen molar-refractivity contribution in [3.8, 4) is 0 Å². The number of aliphatic imine (C=N–C) groups is 1. The van der Waals surface area contributed by atoms with Gasteiger partial charge in [0.15, 0.2) is 0 Å². The third kappa shape index (κ3) is 4.89. The second-order valence-electron chi connectivity index (χ2n) is 9.18. The predicted molar refractivity (Wildman–Crippen MR) is 142 cm³/mol. The average molecular weight is 484 g/mol. The summed E-state index contributed by atoms with van der Waals surface area (Å²) in [6.07, 6.45) is 9.34. The van der Waals surface area contributed by atoms with Crippen LogP contribution in [-0.2, 0) is 4.79 Å². The lowest BCUT2D eigenvalue weighted by Gasteiger charge is -2.30. The molecule has 3 aliphatic heterocycles. The largest absolute Gasteiger partial charge is 0.339 e. The number of carbonyl (C=O) groups excluding carboxylic acids is 2. The number of hydrogen-bond acceptors (Lipinski definition) is 6. The Morgan fingerprint density at radius 1 is 1.09 bits per heavy atom. The van der Waals surface area contributed by atoms with E-state index in [9.17, 15) is 9.59 Å². The van der Waals surface area contributed by atoms with E-state index in [0.717, 1.165) is 69.4 Å². The van der Waals surface area contributed by atoms with Crippen LogP contribution < -0.4 is 15.5 Å². The van der Waals surface area contributed by atoms with Crippen molar-refractivity contribution in [3.63, 3.8) is 0 Å². The number of carbonyl (C=O) groups is 2. The summed E-state index contributed by atoms with van der Waals surface area (Å²) in [7, 11) is 0. The number of unbranched alkanes of at least 4 members (excludes halogenated alkanes) is 4. The predicted octanol–water partition coefficient (Wildman–Crippen LogP) is 4.38. The molecule has 2 amide bonds. The summed E-state index contributed by atoms with van der Waals surface area (Å²) >= 11 is 1.53. The lowest BCUT2D eigenvalue weighted by atomic mass is 10.1. The molecule has 0 saturated carbocycles. The molecule has 3 aliphatic rings. The van der Waals surface area contributed by atoms with Crippen LogP contribution in [0.5, 0.6) is 0 Å². The quantitative estimate of drug-likeness (QED) is 0.446. The molecular weight excluding hydrogens is 446 g/mol. The Morgan fingerprint density at radius 3 is 2.50 bits per heavy atom. The summed E-state index contributed by atoms with van der Waals surface area (Å²) in [5.74, 6) is 0.790. The molecule has 0 aliphatic carbocycles. The Labute approximate surface area is 207 Å². The number of anilines is 2. The fraction of sp³-hybridized carbons (Fsp3) is 0.577. The standard InChI is InChI=1S/C26H37N5O2S/c1-3-5-7-14-29(15-8-6-4-2)24(32)19-10-11-21-22(18-19)30(16-9-13-27)26-28-20-12-17-34-23(20)25(33)31(21)26/h10-12,17-18,20,23H,3-9,13-16,27H2,1-2H3. The first-order valence-corrected chi connectivity index (χ1v) is 13.7. The number of rotatable bonds is 12. The maximum atomic E-state index is 13.6. The zero-order valence-corrected chi connectivity index (χ0v) is 21.2. The number of nitrogens with two attached hydrogens (primary N) is 1. The molecule has 0 bridgehead atoms. The molecule has 2 unspecified atom stereocenters. The van der Waals surface area contributed by atoms with Gasteiger partial charge in [-0.3, -0.25) is 9.59 Å². The van der Waals surface area contributed by atoms with E-state index < -0.39 is 0 Å². The minimum Gasteiger partial charge on any atom is -0.339 e. The Morgan fingerprint density at radius 2 is 1.82 bits per heavy atom. The molecule has 0 fully saturated rings. The van der Waals surface area contributed by atoms with E-state index in [1.165, 1.54) is 11.8 Å². The first-order chi connectivity index (χ1) is 16.6. The fourth-order valence-corrected chi connectivity index (χ4v) is 5.74. The van der Waals surface area contributed by atoms with Crippen molar-refractivity contribution in [2.45, 2.75) is 70.1 Å². The van der Waals surface area contributed by atoms with Crippen LogP contribution in [0.3, 0.4) is 0 Å². The number of nitrogens with zero attached hydrogens (tertiary/aromatic N) is 4. The molecule has 3 heterocycles. The minimum absolute atomic E-state index is 0.0568. The van der Waals surface area contributed by atoms with Gasteiger partial charge in [0, 0.05) is 25.2 Å². The van der Waals surface area contributed by atoms with Gasteiger partial charge in [0.25, 0.3) is 5.91 Å². The van der Waals surface area contributed by atoms with Crippen molar-refractivity contribution >= 4 is 40.9 Å². The van der Waals surface area contributed by atoms with Crippen molar-refractivity contribution in [3.05, 3.63) is 35.2 Å². The van der Waals surface area contributed by atoms with E-state index in [1.54, 1.807) is 4.90 Å². The summed E-state index contributed by atoms with van der Waals surface area (Å²) < 4.78 is 0. The number of thioether (sulfide) groups is 1. The van der Waals surface area contributed by atoms with Gasteiger partial charge in [0.2, 0.25) is 11.9 Å².